The second-order valence-electron chi connectivity index (χ2n) is 9.18. The van der Waals surface area contributed by atoms with Gasteiger partial charge in [-0.15, -0.1) is 0 Å². The molecule has 0 unspecified atom stereocenters. The van der Waals surface area contributed by atoms with E-state index in [-0.39, 0.29) is 11.0 Å². The number of fused-ring (bicyclic) bond motifs is 1. The standard InChI is InChI=1S/C31H27N3O2S/c1-20(2)26-16-17-28-27(18-26)33-30(36-28)25-10-8-21(9-11-25)19-32-31(37)34-29(35)24-14-12-23(13-15-24)22-6-4-3-5-7-22/h3-18,20H,19H2,1-2H3,(H2,32,34,35,37). The summed E-state index contributed by atoms with van der Waals surface area (Å²) in [6, 6.07) is 31.6. The molecule has 0 saturated heterocycles. The lowest BCUT2D eigenvalue weighted by Gasteiger charge is -2.10. The van der Waals surface area contributed by atoms with Gasteiger partial charge in [-0.2, -0.15) is 0 Å². The molecule has 184 valence electrons. The molecule has 0 aliphatic carbocycles. The molecule has 0 aliphatic heterocycles. The van der Waals surface area contributed by atoms with E-state index < -0.39 is 0 Å². The van der Waals surface area contributed by atoms with Crippen LogP contribution in [0.15, 0.2) is 101 Å². The minimum atomic E-state index is -0.246. The molecular weight excluding hydrogens is 478 g/mol. The molecule has 4 aromatic carbocycles. The number of hydrogen-bond donors (Lipinski definition) is 2. The van der Waals surface area contributed by atoms with Gasteiger partial charge in [0.25, 0.3) is 5.91 Å². The topological polar surface area (TPSA) is 67.2 Å². The first-order valence-electron chi connectivity index (χ1n) is 12.2. The Morgan fingerprint density at radius 1 is 0.865 bits per heavy atom. The number of nitrogens with one attached hydrogen (secondary N) is 2. The molecule has 2 N–H and O–H groups in total. The molecule has 0 saturated carbocycles. The second kappa shape index (κ2) is 10.8. The van der Waals surface area contributed by atoms with Crippen molar-refractivity contribution in [2.45, 2.75) is 26.3 Å². The molecule has 0 fully saturated rings. The highest BCUT2D eigenvalue weighted by molar-refractivity contribution is 7.80. The Hall–Kier alpha value is -4.29. The Morgan fingerprint density at radius 3 is 2.24 bits per heavy atom. The number of rotatable bonds is 6. The van der Waals surface area contributed by atoms with Crippen molar-refractivity contribution in [2.75, 3.05) is 0 Å². The van der Waals surface area contributed by atoms with Gasteiger partial charge in [-0.05, 0) is 76.8 Å². The summed E-state index contributed by atoms with van der Waals surface area (Å²) < 4.78 is 5.95. The van der Waals surface area contributed by atoms with Crippen molar-refractivity contribution < 1.29 is 9.21 Å². The fourth-order valence-electron chi connectivity index (χ4n) is 4.04. The number of hydrogen-bond acceptors (Lipinski definition) is 4. The van der Waals surface area contributed by atoms with Gasteiger partial charge >= 0.3 is 0 Å². The van der Waals surface area contributed by atoms with Crippen LogP contribution in [-0.4, -0.2) is 16.0 Å². The van der Waals surface area contributed by atoms with Crippen LogP contribution in [0.3, 0.4) is 0 Å². The SMILES string of the molecule is CC(C)c1ccc2oc(-c3ccc(CNC(=S)NC(=O)c4ccc(-c5ccccc5)cc4)cc3)nc2c1. The lowest BCUT2D eigenvalue weighted by atomic mass is 10.0. The number of benzene rings is 4. The lowest BCUT2D eigenvalue weighted by molar-refractivity contribution is 0.0976. The maximum absolute atomic E-state index is 12.6. The average Bonchev–Trinajstić information content (AvgIpc) is 3.36. The molecule has 5 rings (SSSR count). The summed E-state index contributed by atoms with van der Waals surface area (Å²) in [6.07, 6.45) is 0. The highest BCUT2D eigenvalue weighted by Gasteiger charge is 2.11. The monoisotopic (exact) mass is 505 g/mol. The van der Waals surface area contributed by atoms with Crippen molar-refractivity contribution in [3.05, 3.63) is 114 Å². The smallest absolute Gasteiger partial charge is 0.257 e. The Bertz CT molecular complexity index is 1540. The Kier molecular flexibility index (Phi) is 7.10. The van der Waals surface area contributed by atoms with Crippen molar-refractivity contribution in [3.8, 4) is 22.6 Å². The van der Waals surface area contributed by atoms with Crippen LogP contribution in [-0.2, 0) is 6.54 Å². The third-order valence-electron chi connectivity index (χ3n) is 6.21. The minimum absolute atomic E-state index is 0.246. The van der Waals surface area contributed by atoms with Crippen LogP contribution in [0.5, 0.6) is 0 Å². The van der Waals surface area contributed by atoms with E-state index in [4.69, 9.17) is 16.6 Å². The van der Waals surface area contributed by atoms with E-state index in [2.05, 4.69) is 41.6 Å². The summed E-state index contributed by atoms with van der Waals surface area (Å²) in [5.41, 5.74) is 7.51. The Balaban J connectivity index is 1.16. The van der Waals surface area contributed by atoms with Crippen LogP contribution in [0.25, 0.3) is 33.7 Å². The first-order valence-corrected chi connectivity index (χ1v) is 12.6. The summed E-state index contributed by atoms with van der Waals surface area (Å²) in [5, 5.41) is 6.12. The summed E-state index contributed by atoms with van der Waals surface area (Å²) in [6.45, 7) is 4.81. The van der Waals surface area contributed by atoms with Crippen LogP contribution in [0.4, 0.5) is 0 Å². The van der Waals surface area contributed by atoms with Gasteiger partial charge in [-0.25, -0.2) is 4.98 Å². The Labute approximate surface area is 221 Å². The molecule has 0 bridgehead atoms. The maximum atomic E-state index is 12.6. The normalized spacial score (nSPS) is 11.0. The zero-order valence-electron chi connectivity index (χ0n) is 20.7. The molecule has 37 heavy (non-hydrogen) atoms. The van der Waals surface area contributed by atoms with Crippen LogP contribution in [0.1, 0.15) is 41.3 Å². The summed E-state index contributed by atoms with van der Waals surface area (Å²) in [4.78, 5) is 17.3. The molecular formula is C31H27N3O2S. The Morgan fingerprint density at radius 2 is 1.54 bits per heavy atom. The van der Waals surface area contributed by atoms with E-state index in [1.807, 2.05) is 72.8 Å². The average molecular weight is 506 g/mol. The van der Waals surface area contributed by atoms with E-state index >= 15 is 0 Å². The number of aromatic nitrogens is 1. The highest BCUT2D eigenvalue weighted by Crippen LogP contribution is 2.27. The summed E-state index contributed by atoms with van der Waals surface area (Å²) in [5.74, 6) is 0.785. The summed E-state index contributed by atoms with van der Waals surface area (Å²) in [7, 11) is 0. The molecule has 0 aliphatic rings. The zero-order valence-corrected chi connectivity index (χ0v) is 21.5. The van der Waals surface area contributed by atoms with Crippen LogP contribution < -0.4 is 10.6 Å². The number of nitrogens with zero attached hydrogens (tertiary/aromatic N) is 1. The van der Waals surface area contributed by atoms with Gasteiger partial charge in [0, 0.05) is 17.7 Å². The van der Waals surface area contributed by atoms with Crippen LogP contribution >= 0.6 is 12.2 Å². The van der Waals surface area contributed by atoms with Gasteiger partial charge in [0.05, 0.1) is 0 Å². The van der Waals surface area contributed by atoms with E-state index in [1.165, 1.54) is 5.56 Å². The molecule has 5 aromatic rings. The summed E-state index contributed by atoms with van der Waals surface area (Å²) >= 11 is 5.33. The van der Waals surface area contributed by atoms with Gasteiger partial charge in [0.15, 0.2) is 10.7 Å². The predicted octanol–water partition coefficient (Wildman–Crippen LogP) is 7.09. The van der Waals surface area contributed by atoms with E-state index in [9.17, 15) is 4.79 Å². The number of oxazole rings is 1. The third-order valence-corrected chi connectivity index (χ3v) is 6.46. The molecule has 1 aromatic heterocycles. The van der Waals surface area contributed by atoms with Gasteiger partial charge in [0.2, 0.25) is 5.89 Å². The molecule has 0 atom stereocenters. The van der Waals surface area contributed by atoms with Crippen molar-refractivity contribution >= 4 is 34.3 Å². The molecule has 1 amide bonds. The van der Waals surface area contributed by atoms with Gasteiger partial charge in [-0.3, -0.25) is 10.1 Å². The van der Waals surface area contributed by atoms with Gasteiger partial charge < -0.3 is 9.73 Å². The van der Waals surface area contributed by atoms with Gasteiger partial charge in [-0.1, -0.05) is 74.5 Å². The van der Waals surface area contributed by atoms with E-state index in [0.29, 0.717) is 23.9 Å². The maximum Gasteiger partial charge on any atom is 0.257 e. The quantitative estimate of drug-likeness (QED) is 0.241. The predicted molar refractivity (Wildman–Crippen MR) is 152 cm³/mol. The van der Waals surface area contributed by atoms with Crippen molar-refractivity contribution in [3.63, 3.8) is 0 Å². The number of carbonyl (C=O) groups excluding carboxylic acids is 1. The fraction of sp³-hybridized carbons (Fsp3) is 0.129. The van der Waals surface area contributed by atoms with Crippen LogP contribution in [0.2, 0.25) is 0 Å². The van der Waals surface area contributed by atoms with Crippen molar-refractivity contribution in [2.24, 2.45) is 0 Å². The lowest BCUT2D eigenvalue weighted by Crippen LogP contribution is -2.38. The first kappa shape index (κ1) is 24.4. The second-order valence-corrected chi connectivity index (χ2v) is 9.59. The zero-order chi connectivity index (χ0) is 25.8. The molecule has 5 nitrogen and oxygen atoms in total. The third kappa shape index (κ3) is 5.76. The number of carbonyl (C=O) groups is 1. The van der Waals surface area contributed by atoms with Crippen molar-refractivity contribution in [1.29, 1.82) is 0 Å². The number of amides is 1. The van der Waals surface area contributed by atoms with Crippen LogP contribution in [0, 0.1) is 0 Å². The largest absolute Gasteiger partial charge is 0.436 e. The fourth-order valence-corrected chi connectivity index (χ4v) is 4.20. The van der Waals surface area contributed by atoms with E-state index in [1.54, 1.807) is 12.1 Å². The molecule has 0 spiro atoms. The number of thiocarbonyl (C=S) groups is 1. The molecule has 6 heteroatoms. The minimum Gasteiger partial charge on any atom is -0.436 e. The highest BCUT2D eigenvalue weighted by atomic mass is 32.1. The molecule has 1 heterocycles. The van der Waals surface area contributed by atoms with Gasteiger partial charge in [0.1, 0.15) is 5.52 Å². The van der Waals surface area contributed by atoms with Crippen molar-refractivity contribution in [1.82, 2.24) is 15.6 Å². The van der Waals surface area contributed by atoms with E-state index in [0.717, 1.165) is 33.4 Å². The first-order chi connectivity index (χ1) is 18.0. The molecule has 0 radical (unpaired) electrons.